The average molecular weight is 156 g/mol. The first-order chi connectivity index (χ1) is 5.25. The molecule has 1 saturated carbocycles. The number of hydrogen-bond acceptors (Lipinski definition) is 4. The number of nitrogens with zero attached hydrogens (tertiary/aromatic N) is 1. The van der Waals surface area contributed by atoms with Crippen LogP contribution in [0.2, 0.25) is 0 Å². The van der Waals surface area contributed by atoms with Crippen LogP contribution >= 0.6 is 0 Å². The van der Waals surface area contributed by atoms with Gasteiger partial charge in [-0.05, 0) is 12.8 Å². The Kier molecular flexibility index (Phi) is 1.32. The van der Waals surface area contributed by atoms with E-state index < -0.39 is 5.76 Å². The lowest BCUT2D eigenvalue weighted by Crippen LogP contribution is -2.26. The van der Waals surface area contributed by atoms with Crippen LogP contribution in [0.4, 0.5) is 0 Å². The Morgan fingerprint density at radius 3 is 2.82 bits per heavy atom. The van der Waals surface area contributed by atoms with Crippen molar-refractivity contribution in [2.24, 2.45) is 0 Å². The molecule has 1 aromatic rings. The molecule has 0 bridgehead atoms. The molecule has 11 heavy (non-hydrogen) atoms. The SMILES string of the molecule is O=c1[nH]nc(C2CC(O)C2)o1. The van der Waals surface area contributed by atoms with Gasteiger partial charge in [0.25, 0.3) is 0 Å². The maximum atomic E-state index is 10.5. The zero-order valence-corrected chi connectivity index (χ0v) is 5.78. The van der Waals surface area contributed by atoms with E-state index in [1.807, 2.05) is 0 Å². The molecule has 1 aliphatic rings. The summed E-state index contributed by atoms with van der Waals surface area (Å²) < 4.78 is 4.70. The molecule has 60 valence electrons. The van der Waals surface area contributed by atoms with E-state index in [9.17, 15) is 4.79 Å². The molecule has 0 aliphatic heterocycles. The molecule has 0 amide bonds. The fourth-order valence-electron chi connectivity index (χ4n) is 1.21. The van der Waals surface area contributed by atoms with Gasteiger partial charge in [0, 0.05) is 5.92 Å². The van der Waals surface area contributed by atoms with Crippen molar-refractivity contribution >= 4 is 0 Å². The predicted octanol–water partition coefficient (Wildman–Crippen LogP) is -0.399. The minimum atomic E-state index is -0.526. The van der Waals surface area contributed by atoms with E-state index in [1.165, 1.54) is 0 Å². The van der Waals surface area contributed by atoms with Crippen LogP contribution in [0.5, 0.6) is 0 Å². The minimum Gasteiger partial charge on any atom is -0.393 e. The highest BCUT2D eigenvalue weighted by molar-refractivity contribution is 4.98. The second-order valence-corrected chi connectivity index (χ2v) is 2.77. The number of aromatic nitrogens is 2. The highest BCUT2D eigenvalue weighted by Gasteiger charge is 2.32. The van der Waals surface area contributed by atoms with Gasteiger partial charge in [0.1, 0.15) is 0 Å². The van der Waals surface area contributed by atoms with Gasteiger partial charge in [0.05, 0.1) is 6.10 Å². The second-order valence-electron chi connectivity index (χ2n) is 2.77. The molecule has 0 radical (unpaired) electrons. The lowest BCUT2D eigenvalue weighted by molar-refractivity contribution is 0.0644. The van der Waals surface area contributed by atoms with Crippen molar-refractivity contribution in [3.05, 3.63) is 16.4 Å². The average Bonchev–Trinajstić information content (AvgIpc) is 2.29. The van der Waals surface area contributed by atoms with Crippen LogP contribution in [0, 0.1) is 0 Å². The molecule has 0 aromatic carbocycles. The summed E-state index contributed by atoms with van der Waals surface area (Å²) in [6.07, 6.45) is 1.05. The van der Waals surface area contributed by atoms with Gasteiger partial charge in [0.15, 0.2) is 0 Å². The summed E-state index contributed by atoms with van der Waals surface area (Å²) >= 11 is 0. The number of aliphatic hydroxyl groups is 1. The van der Waals surface area contributed by atoms with E-state index in [4.69, 9.17) is 9.52 Å². The van der Waals surface area contributed by atoms with Crippen molar-refractivity contribution in [2.45, 2.75) is 24.9 Å². The van der Waals surface area contributed by atoms with Crippen LogP contribution in [0.1, 0.15) is 24.7 Å². The number of aromatic amines is 1. The number of H-pyrrole nitrogens is 1. The third-order valence-electron chi connectivity index (χ3n) is 1.92. The van der Waals surface area contributed by atoms with E-state index in [-0.39, 0.29) is 12.0 Å². The Balaban J connectivity index is 2.13. The molecule has 5 heteroatoms. The van der Waals surface area contributed by atoms with Gasteiger partial charge in [-0.25, -0.2) is 9.89 Å². The van der Waals surface area contributed by atoms with Gasteiger partial charge in [-0.15, -0.1) is 5.10 Å². The predicted molar refractivity (Wildman–Crippen MR) is 35.1 cm³/mol. The third-order valence-corrected chi connectivity index (χ3v) is 1.92. The molecule has 1 heterocycles. The first-order valence-corrected chi connectivity index (χ1v) is 3.49. The lowest BCUT2D eigenvalue weighted by Gasteiger charge is -2.27. The van der Waals surface area contributed by atoms with Gasteiger partial charge in [-0.1, -0.05) is 0 Å². The number of rotatable bonds is 1. The Morgan fingerprint density at radius 1 is 1.64 bits per heavy atom. The van der Waals surface area contributed by atoms with E-state index in [1.54, 1.807) is 0 Å². The maximum absolute atomic E-state index is 10.5. The zero-order valence-electron chi connectivity index (χ0n) is 5.78. The molecule has 0 unspecified atom stereocenters. The lowest BCUT2D eigenvalue weighted by atomic mass is 9.82. The number of hydrogen-bond donors (Lipinski definition) is 2. The first kappa shape index (κ1) is 6.60. The Hall–Kier alpha value is -1.10. The molecule has 0 atom stereocenters. The van der Waals surface area contributed by atoms with Crippen LogP contribution in [-0.2, 0) is 0 Å². The van der Waals surface area contributed by atoms with Gasteiger partial charge < -0.3 is 9.52 Å². The first-order valence-electron chi connectivity index (χ1n) is 3.49. The minimum absolute atomic E-state index is 0.129. The summed E-state index contributed by atoms with van der Waals surface area (Å²) in [4.78, 5) is 10.5. The van der Waals surface area contributed by atoms with Crippen molar-refractivity contribution < 1.29 is 9.52 Å². The molecule has 1 fully saturated rings. The quantitative estimate of drug-likeness (QED) is 0.579. The summed E-state index contributed by atoms with van der Waals surface area (Å²) in [5.74, 6) is 0.0191. The highest BCUT2D eigenvalue weighted by Crippen LogP contribution is 2.34. The summed E-state index contributed by atoms with van der Waals surface area (Å²) in [6, 6.07) is 0. The molecule has 5 nitrogen and oxygen atoms in total. The number of aliphatic hydroxyl groups excluding tert-OH is 1. The zero-order chi connectivity index (χ0) is 7.84. The van der Waals surface area contributed by atoms with Crippen molar-refractivity contribution in [2.75, 3.05) is 0 Å². The van der Waals surface area contributed by atoms with Crippen LogP contribution in [0.15, 0.2) is 9.21 Å². The Labute approximate surface area is 62.0 Å². The van der Waals surface area contributed by atoms with Gasteiger partial charge >= 0.3 is 5.76 Å². The van der Waals surface area contributed by atoms with Crippen molar-refractivity contribution in [3.8, 4) is 0 Å². The van der Waals surface area contributed by atoms with Gasteiger partial charge in [0.2, 0.25) is 5.89 Å². The summed E-state index contributed by atoms with van der Waals surface area (Å²) in [6.45, 7) is 0. The standard InChI is InChI=1S/C6H8N2O3/c9-4-1-3(2-4)5-7-8-6(10)11-5/h3-4,9H,1-2H2,(H,8,10). The van der Waals surface area contributed by atoms with Crippen LogP contribution in [0.3, 0.4) is 0 Å². The van der Waals surface area contributed by atoms with Crippen molar-refractivity contribution in [1.82, 2.24) is 10.2 Å². The number of nitrogens with one attached hydrogen (secondary N) is 1. The molecular weight excluding hydrogens is 148 g/mol. The highest BCUT2D eigenvalue weighted by atomic mass is 16.4. The van der Waals surface area contributed by atoms with Crippen LogP contribution in [-0.4, -0.2) is 21.4 Å². The summed E-state index contributed by atoms with van der Waals surface area (Å²) in [5, 5.41) is 14.8. The summed E-state index contributed by atoms with van der Waals surface area (Å²) in [5.41, 5.74) is 0. The van der Waals surface area contributed by atoms with E-state index in [0.717, 1.165) is 0 Å². The third kappa shape index (κ3) is 1.07. The van der Waals surface area contributed by atoms with E-state index >= 15 is 0 Å². The Bertz CT molecular complexity index is 297. The molecular formula is C6H8N2O3. The topological polar surface area (TPSA) is 79.1 Å². The molecule has 2 rings (SSSR count). The van der Waals surface area contributed by atoms with Crippen LogP contribution < -0.4 is 5.76 Å². The van der Waals surface area contributed by atoms with Gasteiger partial charge in [-0.3, -0.25) is 0 Å². The molecule has 1 aliphatic carbocycles. The molecule has 0 spiro atoms. The normalized spacial score (nSPS) is 29.9. The van der Waals surface area contributed by atoms with E-state index in [2.05, 4.69) is 10.2 Å². The monoisotopic (exact) mass is 156 g/mol. The molecule has 0 saturated heterocycles. The smallest absolute Gasteiger partial charge is 0.393 e. The fraction of sp³-hybridized carbons (Fsp3) is 0.667. The molecule has 1 aromatic heterocycles. The maximum Gasteiger partial charge on any atom is 0.434 e. The van der Waals surface area contributed by atoms with Crippen LogP contribution in [0.25, 0.3) is 0 Å². The summed E-state index contributed by atoms with van der Waals surface area (Å²) in [7, 11) is 0. The Morgan fingerprint density at radius 2 is 2.36 bits per heavy atom. The largest absolute Gasteiger partial charge is 0.434 e. The van der Waals surface area contributed by atoms with Gasteiger partial charge in [-0.2, -0.15) is 0 Å². The van der Waals surface area contributed by atoms with Crippen molar-refractivity contribution in [3.63, 3.8) is 0 Å². The second kappa shape index (κ2) is 2.20. The molecule has 2 N–H and O–H groups in total. The fourth-order valence-corrected chi connectivity index (χ4v) is 1.21. The van der Waals surface area contributed by atoms with E-state index in [0.29, 0.717) is 18.7 Å². The van der Waals surface area contributed by atoms with Crippen molar-refractivity contribution in [1.29, 1.82) is 0 Å².